The zero-order valence-corrected chi connectivity index (χ0v) is 6.91. The van der Waals surface area contributed by atoms with Crippen molar-refractivity contribution in [2.45, 2.75) is 19.4 Å². The fourth-order valence-corrected chi connectivity index (χ4v) is 1.06. The minimum Gasteiger partial charge on any atom is -0.328 e. The lowest BCUT2D eigenvalue weighted by molar-refractivity contribution is -0.114. The molecule has 0 radical (unpaired) electrons. The Morgan fingerprint density at radius 3 is 2.67 bits per heavy atom. The number of allylic oxidation sites excluding steroid dienone is 3. The average molecular weight is 165 g/mol. The van der Waals surface area contributed by atoms with E-state index in [1.165, 1.54) is 18.2 Å². The fourth-order valence-electron chi connectivity index (χ4n) is 1.06. The molecule has 12 heavy (non-hydrogen) atoms. The smallest absolute Gasteiger partial charge is 0.182 e. The predicted molar refractivity (Wildman–Crippen MR) is 45.5 cm³/mol. The first-order valence-electron chi connectivity index (χ1n) is 3.82. The molecular weight excluding hydrogens is 154 g/mol. The van der Waals surface area contributed by atoms with Crippen LogP contribution in [0.4, 0.5) is 0 Å². The van der Waals surface area contributed by atoms with Crippen molar-refractivity contribution in [3.63, 3.8) is 0 Å². The number of rotatable bonds is 2. The predicted octanol–water partition coefficient (Wildman–Crippen LogP) is 0.358. The van der Waals surface area contributed by atoms with E-state index in [0.717, 1.165) is 0 Å². The first-order valence-corrected chi connectivity index (χ1v) is 3.82. The Morgan fingerprint density at radius 2 is 2.08 bits per heavy atom. The molecule has 1 atom stereocenters. The molecule has 0 aromatic carbocycles. The molecule has 0 aromatic heterocycles. The van der Waals surface area contributed by atoms with Gasteiger partial charge in [-0.2, -0.15) is 0 Å². The highest BCUT2D eigenvalue weighted by Gasteiger charge is 2.13. The molecule has 1 aliphatic carbocycles. The van der Waals surface area contributed by atoms with Crippen molar-refractivity contribution < 1.29 is 9.59 Å². The number of ketones is 2. The van der Waals surface area contributed by atoms with E-state index in [1.807, 2.05) is 0 Å². The highest BCUT2D eigenvalue weighted by atomic mass is 16.1. The summed E-state index contributed by atoms with van der Waals surface area (Å²) in [6, 6.07) is -0.0838. The van der Waals surface area contributed by atoms with Crippen LogP contribution in [0.25, 0.3) is 0 Å². The van der Waals surface area contributed by atoms with Gasteiger partial charge in [0.2, 0.25) is 0 Å². The van der Waals surface area contributed by atoms with Crippen LogP contribution in [0.5, 0.6) is 0 Å². The Bertz CT molecular complexity index is 274. The third-order valence-electron chi connectivity index (χ3n) is 1.57. The first kappa shape index (κ1) is 8.87. The van der Waals surface area contributed by atoms with E-state index in [-0.39, 0.29) is 17.6 Å². The lowest BCUT2D eigenvalue weighted by atomic mass is 9.98. The maximum atomic E-state index is 11.1. The van der Waals surface area contributed by atoms with Gasteiger partial charge >= 0.3 is 0 Å². The maximum Gasteiger partial charge on any atom is 0.182 e. The van der Waals surface area contributed by atoms with Crippen LogP contribution >= 0.6 is 0 Å². The van der Waals surface area contributed by atoms with Gasteiger partial charge in [-0.3, -0.25) is 9.59 Å². The molecule has 0 aliphatic heterocycles. The van der Waals surface area contributed by atoms with Crippen molar-refractivity contribution in [3.05, 3.63) is 23.8 Å². The Balaban J connectivity index is 2.75. The van der Waals surface area contributed by atoms with Gasteiger partial charge in [0.25, 0.3) is 0 Å². The van der Waals surface area contributed by atoms with Gasteiger partial charge in [0.15, 0.2) is 11.6 Å². The summed E-state index contributed by atoms with van der Waals surface area (Å²) in [7, 11) is 0. The minimum atomic E-state index is -0.134. The third kappa shape index (κ3) is 2.13. The summed E-state index contributed by atoms with van der Waals surface area (Å²) in [4.78, 5) is 22.0. The number of nitrogens with two attached hydrogens (primary N) is 1. The maximum absolute atomic E-state index is 11.1. The average Bonchev–Trinajstić information content (AvgIpc) is 1.96. The summed E-state index contributed by atoms with van der Waals surface area (Å²) in [6.45, 7) is 1.80. The van der Waals surface area contributed by atoms with Gasteiger partial charge < -0.3 is 5.73 Å². The lowest BCUT2D eigenvalue weighted by Gasteiger charge is -2.08. The zero-order valence-electron chi connectivity index (χ0n) is 6.91. The molecule has 3 heteroatoms. The van der Waals surface area contributed by atoms with Crippen molar-refractivity contribution in [1.29, 1.82) is 0 Å². The summed E-state index contributed by atoms with van der Waals surface area (Å²) in [5.41, 5.74) is 6.01. The van der Waals surface area contributed by atoms with Crippen LogP contribution in [0.15, 0.2) is 23.8 Å². The van der Waals surface area contributed by atoms with Crippen molar-refractivity contribution in [1.82, 2.24) is 0 Å². The molecule has 0 aromatic rings. The largest absolute Gasteiger partial charge is 0.328 e. The second-order valence-electron chi connectivity index (χ2n) is 2.95. The number of carbonyl (C=O) groups is 2. The lowest BCUT2D eigenvalue weighted by Crippen LogP contribution is -2.19. The molecule has 1 unspecified atom stereocenters. The molecule has 0 amide bonds. The Labute approximate surface area is 70.9 Å². The van der Waals surface area contributed by atoms with Crippen LogP contribution in [0.1, 0.15) is 13.3 Å². The molecule has 0 fully saturated rings. The quantitative estimate of drug-likeness (QED) is 0.601. The fraction of sp³-hybridized carbons (Fsp3) is 0.333. The minimum absolute atomic E-state index is 0.0838. The summed E-state index contributed by atoms with van der Waals surface area (Å²) in [5.74, 6) is -0.239. The van der Waals surface area contributed by atoms with Crippen molar-refractivity contribution in [3.8, 4) is 0 Å². The normalized spacial score (nSPS) is 19.3. The molecule has 0 heterocycles. The van der Waals surface area contributed by atoms with Crippen LogP contribution in [-0.4, -0.2) is 17.6 Å². The SMILES string of the molecule is CC(N)CC1=CC(=O)C=CC1=O. The molecule has 0 bridgehead atoms. The van der Waals surface area contributed by atoms with E-state index >= 15 is 0 Å². The Hall–Kier alpha value is -1.22. The van der Waals surface area contributed by atoms with Crippen LogP contribution in [0.3, 0.4) is 0 Å². The highest BCUT2D eigenvalue weighted by Crippen LogP contribution is 2.10. The van der Waals surface area contributed by atoms with Gasteiger partial charge in [-0.15, -0.1) is 0 Å². The van der Waals surface area contributed by atoms with Crippen molar-refractivity contribution >= 4 is 11.6 Å². The molecule has 1 rings (SSSR count). The molecule has 64 valence electrons. The van der Waals surface area contributed by atoms with Gasteiger partial charge in [0.05, 0.1) is 0 Å². The van der Waals surface area contributed by atoms with E-state index in [2.05, 4.69) is 0 Å². The van der Waals surface area contributed by atoms with Crippen molar-refractivity contribution in [2.75, 3.05) is 0 Å². The molecule has 1 aliphatic rings. The van der Waals surface area contributed by atoms with Gasteiger partial charge in [-0.25, -0.2) is 0 Å². The highest BCUT2D eigenvalue weighted by molar-refractivity contribution is 6.17. The van der Waals surface area contributed by atoms with E-state index in [1.54, 1.807) is 6.92 Å². The van der Waals surface area contributed by atoms with Crippen LogP contribution in [-0.2, 0) is 9.59 Å². The number of hydrogen-bond donors (Lipinski definition) is 1. The van der Waals surface area contributed by atoms with Crippen LogP contribution in [0, 0.1) is 0 Å². The summed E-state index contributed by atoms with van der Waals surface area (Å²) >= 11 is 0. The monoisotopic (exact) mass is 165 g/mol. The Morgan fingerprint density at radius 1 is 1.42 bits per heavy atom. The summed E-state index contributed by atoms with van der Waals surface area (Å²) in [5, 5.41) is 0. The van der Waals surface area contributed by atoms with Crippen molar-refractivity contribution in [2.24, 2.45) is 5.73 Å². The second-order valence-corrected chi connectivity index (χ2v) is 2.95. The number of hydrogen-bond acceptors (Lipinski definition) is 3. The van der Waals surface area contributed by atoms with Gasteiger partial charge in [0.1, 0.15) is 0 Å². The summed E-state index contributed by atoms with van der Waals surface area (Å²) < 4.78 is 0. The Kier molecular flexibility index (Phi) is 2.55. The van der Waals surface area contributed by atoms with Crippen LogP contribution < -0.4 is 5.73 Å². The summed E-state index contributed by atoms with van der Waals surface area (Å²) in [6.07, 6.45) is 4.38. The molecular formula is C9H11NO2. The third-order valence-corrected chi connectivity index (χ3v) is 1.57. The topological polar surface area (TPSA) is 60.2 Å². The van der Waals surface area contributed by atoms with Gasteiger partial charge in [0, 0.05) is 11.6 Å². The van der Waals surface area contributed by atoms with E-state index in [0.29, 0.717) is 12.0 Å². The molecule has 0 saturated heterocycles. The van der Waals surface area contributed by atoms with E-state index < -0.39 is 0 Å². The van der Waals surface area contributed by atoms with Crippen LogP contribution in [0.2, 0.25) is 0 Å². The standard InChI is InChI=1S/C9H11NO2/c1-6(10)4-7-5-8(11)2-3-9(7)12/h2-3,5-6H,4,10H2,1H3. The second kappa shape index (κ2) is 3.45. The molecule has 0 saturated carbocycles. The molecule has 0 spiro atoms. The number of carbonyl (C=O) groups excluding carboxylic acids is 2. The molecule has 3 nitrogen and oxygen atoms in total. The van der Waals surface area contributed by atoms with Gasteiger partial charge in [-0.1, -0.05) is 0 Å². The zero-order chi connectivity index (χ0) is 9.14. The van der Waals surface area contributed by atoms with E-state index in [9.17, 15) is 9.59 Å². The van der Waals surface area contributed by atoms with Gasteiger partial charge in [-0.05, 0) is 31.6 Å². The van der Waals surface area contributed by atoms with E-state index in [4.69, 9.17) is 5.73 Å². The molecule has 2 N–H and O–H groups in total. The first-order chi connectivity index (χ1) is 5.59.